The van der Waals surface area contributed by atoms with Gasteiger partial charge in [0.2, 0.25) is 0 Å². The van der Waals surface area contributed by atoms with Crippen molar-refractivity contribution in [2.75, 3.05) is 0 Å². The van der Waals surface area contributed by atoms with Crippen molar-refractivity contribution in [1.29, 1.82) is 0 Å². The van der Waals surface area contributed by atoms with Crippen LogP contribution in [0.1, 0.15) is 25.5 Å². The van der Waals surface area contributed by atoms with Crippen molar-refractivity contribution in [3.8, 4) is 11.5 Å². The van der Waals surface area contributed by atoms with Gasteiger partial charge in [0.15, 0.2) is 5.82 Å². The predicted octanol–water partition coefficient (Wildman–Crippen LogP) is 2.49. The molecule has 0 saturated heterocycles. The summed E-state index contributed by atoms with van der Waals surface area (Å²) >= 11 is 2.04. The van der Waals surface area contributed by atoms with Gasteiger partial charge in [0.25, 0.3) is 5.56 Å². The van der Waals surface area contributed by atoms with Gasteiger partial charge in [0, 0.05) is 6.20 Å². The average molecular weight is 329 g/mol. The lowest BCUT2D eigenvalue weighted by Gasteiger charge is -2.08. The summed E-state index contributed by atoms with van der Waals surface area (Å²) in [6.07, 6.45) is 1.81. The lowest BCUT2D eigenvalue weighted by atomic mass is 10.1. The lowest BCUT2D eigenvalue weighted by Crippen LogP contribution is -2.17. The normalized spacial score (nSPS) is 11.0. The lowest BCUT2D eigenvalue weighted by molar-refractivity contribution is 0.801. The smallest absolute Gasteiger partial charge is 0.264 e. The van der Waals surface area contributed by atoms with Crippen LogP contribution >= 0.6 is 22.6 Å². The second-order valence-electron chi connectivity index (χ2n) is 3.85. The standard InChI is InChI=1S/C11H12IN3O/c1-6(2)9-8(12)11(16)15-10(14-9)7-4-3-5-13-7/h3-6,13H,1-2H3,(H,14,15,16). The second-order valence-corrected chi connectivity index (χ2v) is 4.93. The Labute approximate surface area is 107 Å². The van der Waals surface area contributed by atoms with Crippen molar-refractivity contribution in [2.45, 2.75) is 19.8 Å². The third-order valence-corrected chi connectivity index (χ3v) is 3.33. The Morgan fingerprint density at radius 3 is 2.75 bits per heavy atom. The molecule has 5 heteroatoms. The topological polar surface area (TPSA) is 61.5 Å². The molecule has 0 aliphatic carbocycles. The molecule has 2 N–H and O–H groups in total. The van der Waals surface area contributed by atoms with E-state index in [2.05, 4.69) is 15.0 Å². The highest BCUT2D eigenvalue weighted by atomic mass is 127. The molecular weight excluding hydrogens is 317 g/mol. The van der Waals surface area contributed by atoms with Gasteiger partial charge in [-0.15, -0.1) is 0 Å². The van der Waals surface area contributed by atoms with Gasteiger partial charge in [0.1, 0.15) is 0 Å². The van der Waals surface area contributed by atoms with Gasteiger partial charge in [-0.1, -0.05) is 13.8 Å². The fraction of sp³-hybridized carbons (Fsp3) is 0.273. The van der Waals surface area contributed by atoms with E-state index in [0.29, 0.717) is 9.39 Å². The molecule has 0 saturated carbocycles. The first kappa shape index (κ1) is 11.4. The molecule has 0 bridgehead atoms. The van der Waals surface area contributed by atoms with Crippen LogP contribution < -0.4 is 5.56 Å². The Bertz CT molecular complexity index is 543. The molecule has 2 rings (SSSR count). The number of hydrogen-bond donors (Lipinski definition) is 2. The highest BCUT2D eigenvalue weighted by Crippen LogP contribution is 2.19. The van der Waals surface area contributed by atoms with Gasteiger partial charge >= 0.3 is 0 Å². The molecule has 0 atom stereocenters. The van der Waals surface area contributed by atoms with E-state index < -0.39 is 0 Å². The molecule has 2 heterocycles. The maximum absolute atomic E-state index is 11.7. The quantitative estimate of drug-likeness (QED) is 0.832. The van der Waals surface area contributed by atoms with Crippen LogP contribution in [-0.2, 0) is 0 Å². The van der Waals surface area contributed by atoms with Crippen molar-refractivity contribution in [1.82, 2.24) is 15.0 Å². The van der Waals surface area contributed by atoms with Crippen LogP contribution in [-0.4, -0.2) is 15.0 Å². The molecule has 0 aromatic carbocycles. The van der Waals surface area contributed by atoms with Gasteiger partial charge in [-0.2, -0.15) is 0 Å². The maximum Gasteiger partial charge on any atom is 0.264 e. The van der Waals surface area contributed by atoms with Crippen LogP contribution in [0.5, 0.6) is 0 Å². The number of aromatic nitrogens is 3. The van der Waals surface area contributed by atoms with E-state index in [1.807, 2.05) is 54.8 Å². The fourth-order valence-electron chi connectivity index (χ4n) is 1.46. The van der Waals surface area contributed by atoms with Gasteiger partial charge in [-0.25, -0.2) is 4.98 Å². The third kappa shape index (κ3) is 2.04. The number of nitrogens with zero attached hydrogens (tertiary/aromatic N) is 1. The second kappa shape index (κ2) is 4.40. The summed E-state index contributed by atoms with van der Waals surface area (Å²) in [6, 6.07) is 3.76. The van der Waals surface area contributed by atoms with Crippen molar-refractivity contribution in [2.24, 2.45) is 0 Å². The summed E-state index contributed by atoms with van der Waals surface area (Å²) in [5.74, 6) is 0.835. The molecule has 0 amide bonds. The van der Waals surface area contributed by atoms with E-state index in [-0.39, 0.29) is 11.5 Å². The summed E-state index contributed by atoms with van der Waals surface area (Å²) in [4.78, 5) is 22.0. The monoisotopic (exact) mass is 329 g/mol. The molecule has 0 aliphatic rings. The molecule has 0 radical (unpaired) electrons. The van der Waals surface area contributed by atoms with Gasteiger partial charge < -0.3 is 9.97 Å². The Kier molecular flexibility index (Phi) is 3.13. The molecule has 2 aromatic rings. The summed E-state index contributed by atoms with van der Waals surface area (Å²) < 4.78 is 0.669. The van der Waals surface area contributed by atoms with E-state index in [1.54, 1.807) is 0 Å². The molecular formula is C11H12IN3O. The van der Waals surface area contributed by atoms with E-state index in [4.69, 9.17) is 0 Å². The molecule has 0 fully saturated rings. The van der Waals surface area contributed by atoms with Crippen molar-refractivity contribution in [3.63, 3.8) is 0 Å². The van der Waals surface area contributed by atoms with Crippen LogP contribution in [0, 0.1) is 3.57 Å². The molecule has 0 unspecified atom stereocenters. The van der Waals surface area contributed by atoms with Gasteiger partial charge in [0.05, 0.1) is 15.0 Å². The minimum atomic E-state index is -0.0797. The first-order chi connectivity index (χ1) is 7.59. The highest BCUT2D eigenvalue weighted by molar-refractivity contribution is 14.1. The van der Waals surface area contributed by atoms with E-state index in [9.17, 15) is 4.79 Å². The van der Waals surface area contributed by atoms with Crippen molar-refractivity contribution < 1.29 is 0 Å². The summed E-state index contributed by atoms with van der Waals surface area (Å²) in [5.41, 5.74) is 1.59. The van der Waals surface area contributed by atoms with E-state index >= 15 is 0 Å². The number of halogens is 1. The Balaban J connectivity index is 2.62. The summed E-state index contributed by atoms with van der Waals surface area (Å²) in [5, 5.41) is 0. The zero-order valence-corrected chi connectivity index (χ0v) is 11.2. The van der Waals surface area contributed by atoms with Crippen LogP contribution in [0.3, 0.4) is 0 Å². The van der Waals surface area contributed by atoms with Crippen LogP contribution in [0.25, 0.3) is 11.5 Å². The molecule has 2 aromatic heterocycles. The largest absolute Gasteiger partial charge is 0.359 e. The van der Waals surface area contributed by atoms with E-state index in [1.165, 1.54) is 0 Å². The van der Waals surface area contributed by atoms with Crippen LogP contribution in [0.15, 0.2) is 23.1 Å². The van der Waals surface area contributed by atoms with Crippen LogP contribution in [0.2, 0.25) is 0 Å². The number of aromatic amines is 2. The first-order valence-corrected chi connectivity index (χ1v) is 6.11. The molecule has 84 valence electrons. The Morgan fingerprint density at radius 1 is 1.44 bits per heavy atom. The van der Waals surface area contributed by atoms with Gasteiger partial charge in [-0.05, 0) is 40.6 Å². The van der Waals surface area contributed by atoms with Crippen LogP contribution in [0.4, 0.5) is 0 Å². The molecule has 0 aliphatic heterocycles. The number of rotatable bonds is 2. The highest BCUT2D eigenvalue weighted by Gasteiger charge is 2.13. The predicted molar refractivity (Wildman–Crippen MR) is 71.5 cm³/mol. The van der Waals surface area contributed by atoms with Crippen molar-refractivity contribution >= 4 is 22.6 Å². The Morgan fingerprint density at radius 2 is 2.19 bits per heavy atom. The molecule has 4 nitrogen and oxygen atoms in total. The number of H-pyrrole nitrogens is 2. The maximum atomic E-state index is 11.7. The number of hydrogen-bond acceptors (Lipinski definition) is 2. The minimum Gasteiger partial charge on any atom is -0.359 e. The minimum absolute atomic E-state index is 0.0797. The third-order valence-electron chi connectivity index (χ3n) is 2.29. The fourth-order valence-corrected chi connectivity index (χ4v) is 2.34. The van der Waals surface area contributed by atoms with Gasteiger partial charge in [-0.3, -0.25) is 4.79 Å². The summed E-state index contributed by atoms with van der Waals surface area (Å²) in [7, 11) is 0. The molecule has 16 heavy (non-hydrogen) atoms. The Hall–Kier alpha value is -1.11. The zero-order valence-electron chi connectivity index (χ0n) is 9.04. The zero-order chi connectivity index (χ0) is 11.7. The average Bonchev–Trinajstić information content (AvgIpc) is 2.74. The van der Waals surface area contributed by atoms with Crippen molar-refractivity contribution in [3.05, 3.63) is 37.9 Å². The molecule has 0 spiro atoms. The number of nitrogens with one attached hydrogen (secondary N) is 2. The first-order valence-electron chi connectivity index (χ1n) is 5.03. The summed E-state index contributed by atoms with van der Waals surface area (Å²) in [6.45, 7) is 4.06. The van der Waals surface area contributed by atoms with E-state index in [0.717, 1.165) is 11.4 Å². The SMILES string of the molecule is CC(C)c1nc(-c2ccc[nH]2)[nH]c(=O)c1I.